The van der Waals surface area contributed by atoms with Crippen molar-refractivity contribution in [3.05, 3.63) is 60.3 Å². The Hall–Kier alpha value is -2.27. The molecule has 0 unspecified atom stereocenters. The number of phenols is 1. The highest BCUT2D eigenvalue weighted by Gasteiger charge is 2.19. The average Bonchev–Trinajstić information content (AvgIpc) is 2.84. The van der Waals surface area contributed by atoms with Gasteiger partial charge in [-0.25, -0.2) is 12.4 Å². The minimum absolute atomic E-state index is 0.129. The van der Waals surface area contributed by atoms with Crippen LogP contribution in [0.3, 0.4) is 0 Å². The molecule has 4 nitrogen and oxygen atoms in total. The summed E-state index contributed by atoms with van der Waals surface area (Å²) in [4.78, 5) is 0.241. The average molecular weight is 287 g/mol. The molecule has 0 fully saturated rings. The van der Waals surface area contributed by atoms with Gasteiger partial charge in [0.25, 0.3) is 10.0 Å². The number of hydrogen-bond acceptors (Lipinski definition) is 3. The van der Waals surface area contributed by atoms with E-state index in [1.807, 2.05) is 0 Å². The fourth-order valence-electron chi connectivity index (χ4n) is 2.34. The van der Waals surface area contributed by atoms with E-state index in [0.29, 0.717) is 16.5 Å². The minimum atomic E-state index is -3.62. The molecule has 102 valence electrons. The lowest BCUT2D eigenvalue weighted by molar-refractivity contribution is 0.475. The normalized spacial score (nSPS) is 11.8. The van der Waals surface area contributed by atoms with Crippen LogP contribution in [-0.4, -0.2) is 17.5 Å². The number of nitrogens with zero attached hydrogens (tertiary/aromatic N) is 1. The Labute approximate surface area is 117 Å². The van der Waals surface area contributed by atoms with Crippen LogP contribution in [0.5, 0.6) is 5.75 Å². The Kier molecular flexibility index (Phi) is 2.79. The second-order valence-electron chi connectivity index (χ2n) is 4.63. The van der Waals surface area contributed by atoms with E-state index in [0.717, 1.165) is 0 Å². The summed E-state index contributed by atoms with van der Waals surface area (Å²) in [7, 11) is -3.62. The molecule has 0 radical (unpaired) electrons. The topological polar surface area (TPSA) is 59.3 Å². The van der Waals surface area contributed by atoms with Gasteiger partial charge in [0.05, 0.1) is 10.4 Å². The molecule has 20 heavy (non-hydrogen) atoms. The van der Waals surface area contributed by atoms with Crippen LogP contribution in [-0.2, 0) is 10.0 Å². The van der Waals surface area contributed by atoms with E-state index in [9.17, 15) is 13.5 Å². The maximum Gasteiger partial charge on any atom is 0.268 e. The van der Waals surface area contributed by atoms with Gasteiger partial charge in [-0.3, -0.25) is 0 Å². The SMILES string of the molecule is Cc1cc(O)cc2ccn(S(=O)(=O)c3ccccc3)c12. The smallest absolute Gasteiger partial charge is 0.268 e. The molecule has 0 amide bonds. The third-order valence-electron chi connectivity index (χ3n) is 3.22. The van der Waals surface area contributed by atoms with E-state index in [2.05, 4.69) is 0 Å². The summed E-state index contributed by atoms with van der Waals surface area (Å²) in [5.74, 6) is 0.129. The number of aromatic nitrogens is 1. The van der Waals surface area contributed by atoms with Crippen molar-refractivity contribution < 1.29 is 13.5 Å². The third kappa shape index (κ3) is 1.87. The van der Waals surface area contributed by atoms with E-state index in [4.69, 9.17) is 0 Å². The number of aromatic hydroxyl groups is 1. The van der Waals surface area contributed by atoms with Crippen molar-refractivity contribution in [2.24, 2.45) is 0 Å². The lowest BCUT2D eigenvalue weighted by Crippen LogP contribution is -2.12. The zero-order valence-corrected chi connectivity index (χ0v) is 11.6. The number of rotatable bonds is 2. The van der Waals surface area contributed by atoms with Crippen LogP contribution < -0.4 is 0 Å². The number of aryl methyl sites for hydroxylation is 1. The summed E-state index contributed by atoms with van der Waals surface area (Å²) in [5, 5.41) is 10.3. The number of hydrogen-bond donors (Lipinski definition) is 1. The summed E-state index contributed by atoms with van der Waals surface area (Å²) < 4.78 is 26.5. The molecule has 0 atom stereocenters. The molecular formula is C15H13NO3S. The zero-order chi connectivity index (χ0) is 14.3. The van der Waals surface area contributed by atoms with Crippen LogP contribution in [0, 0.1) is 6.92 Å². The lowest BCUT2D eigenvalue weighted by atomic mass is 10.1. The molecule has 3 aromatic rings. The monoisotopic (exact) mass is 287 g/mol. The van der Waals surface area contributed by atoms with Crippen LogP contribution in [0.1, 0.15) is 5.56 Å². The van der Waals surface area contributed by atoms with Gasteiger partial charge in [-0.2, -0.15) is 0 Å². The van der Waals surface area contributed by atoms with Gasteiger partial charge in [-0.05, 0) is 42.8 Å². The molecule has 1 aromatic heterocycles. The van der Waals surface area contributed by atoms with Crippen LogP contribution in [0.2, 0.25) is 0 Å². The van der Waals surface area contributed by atoms with Crippen molar-refractivity contribution in [2.45, 2.75) is 11.8 Å². The Bertz CT molecular complexity index is 880. The first-order chi connectivity index (χ1) is 9.50. The molecule has 1 N–H and O–H groups in total. The lowest BCUT2D eigenvalue weighted by Gasteiger charge is -2.09. The highest BCUT2D eigenvalue weighted by Crippen LogP contribution is 2.28. The summed E-state index contributed by atoms with van der Waals surface area (Å²) in [6.07, 6.45) is 1.51. The van der Waals surface area contributed by atoms with E-state index in [-0.39, 0.29) is 10.6 Å². The third-order valence-corrected chi connectivity index (χ3v) is 4.91. The molecule has 0 aliphatic rings. The predicted octanol–water partition coefficient (Wildman–Crippen LogP) is 2.89. The molecule has 0 aliphatic heterocycles. The summed E-state index contributed by atoms with van der Waals surface area (Å²) in [6, 6.07) is 13.1. The molecule has 0 aliphatic carbocycles. The van der Waals surface area contributed by atoms with Gasteiger partial charge in [0.2, 0.25) is 0 Å². The molecule has 3 rings (SSSR count). The van der Waals surface area contributed by atoms with Crippen LogP contribution in [0.25, 0.3) is 10.9 Å². The second-order valence-corrected chi connectivity index (χ2v) is 6.45. The maximum atomic E-state index is 12.6. The fraction of sp³-hybridized carbons (Fsp3) is 0.0667. The van der Waals surface area contributed by atoms with Gasteiger partial charge >= 0.3 is 0 Å². The van der Waals surface area contributed by atoms with E-state index < -0.39 is 10.0 Å². The van der Waals surface area contributed by atoms with Gasteiger partial charge < -0.3 is 5.11 Å². The summed E-state index contributed by atoms with van der Waals surface area (Å²) >= 11 is 0. The van der Waals surface area contributed by atoms with Crippen molar-refractivity contribution >= 4 is 20.9 Å². The molecule has 0 bridgehead atoms. The Morgan fingerprint density at radius 3 is 2.45 bits per heavy atom. The number of phenolic OH excluding ortho intramolecular Hbond substituents is 1. The van der Waals surface area contributed by atoms with Crippen molar-refractivity contribution in [3.8, 4) is 5.75 Å². The molecule has 5 heteroatoms. The van der Waals surface area contributed by atoms with E-state index in [1.54, 1.807) is 55.5 Å². The Morgan fingerprint density at radius 2 is 1.75 bits per heavy atom. The Balaban J connectivity index is 2.31. The molecule has 0 spiro atoms. The highest BCUT2D eigenvalue weighted by molar-refractivity contribution is 7.90. The first kappa shape index (κ1) is 12.7. The van der Waals surface area contributed by atoms with Gasteiger partial charge in [-0.15, -0.1) is 0 Å². The predicted molar refractivity (Wildman–Crippen MR) is 77.4 cm³/mol. The first-order valence-corrected chi connectivity index (χ1v) is 7.55. The van der Waals surface area contributed by atoms with E-state index >= 15 is 0 Å². The van der Waals surface area contributed by atoms with Gasteiger partial charge in [0, 0.05) is 11.6 Å². The zero-order valence-electron chi connectivity index (χ0n) is 10.8. The van der Waals surface area contributed by atoms with Crippen molar-refractivity contribution in [1.29, 1.82) is 0 Å². The first-order valence-electron chi connectivity index (χ1n) is 6.11. The van der Waals surface area contributed by atoms with Crippen LogP contribution in [0.15, 0.2) is 59.6 Å². The second kappa shape index (κ2) is 4.38. The summed E-state index contributed by atoms with van der Waals surface area (Å²) in [5.41, 5.74) is 1.30. The molecule has 0 saturated heterocycles. The fourth-order valence-corrected chi connectivity index (χ4v) is 3.78. The molecule has 0 saturated carbocycles. The quantitative estimate of drug-likeness (QED) is 0.788. The highest BCUT2D eigenvalue weighted by atomic mass is 32.2. The van der Waals surface area contributed by atoms with Gasteiger partial charge in [0.1, 0.15) is 5.75 Å². The number of fused-ring (bicyclic) bond motifs is 1. The van der Waals surface area contributed by atoms with Crippen molar-refractivity contribution in [1.82, 2.24) is 3.97 Å². The maximum absolute atomic E-state index is 12.6. The molecular weight excluding hydrogens is 274 g/mol. The number of benzene rings is 2. The van der Waals surface area contributed by atoms with Crippen molar-refractivity contribution in [2.75, 3.05) is 0 Å². The standard InChI is InChI=1S/C15H13NO3S/c1-11-9-13(17)10-12-7-8-16(15(11)12)20(18,19)14-5-3-2-4-6-14/h2-10,17H,1H3. The largest absolute Gasteiger partial charge is 0.508 e. The molecule has 2 aromatic carbocycles. The molecule has 1 heterocycles. The van der Waals surface area contributed by atoms with Crippen molar-refractivity contribution in [3.63, 3.8) is 0 Å². The summed E-state index contributed by atoms with van der Waals surface area (Å²) in [6.45, 7) is 1.78. The van der Waals surface area contributed by atoms with Crippen LogP contribution >= 0.6 is 0 Å². The van der Waals surface area contributed by atoms with Gasteiger partial charge in [-0.1, -0.05) is 18.2 Å². The van der Waals surface area contributed by atoms with E-state index in [1.165, 1.54) is 10.2 Å². The Morgan fingerprint density at radius 1 is 1.05 bits per heavy atom. The van der Waals surface area contributed by atoms with Crippen LogP contribution in [0.4, 0.5) is 0 Å². The van der Waals surface area contributed by atoms with Gasteiger partial charge in [0.15, 0.2) is 0 Å². The minimum Gasteiger partial charge on any atom is -0.508 e.